The van der Waals surface area contributed by atoms with Gasteiger partial charge in [-0.15, -0.1) is 0 Å². The van der Waals surface area contributed by atoms with Crippen molar-refractivity contribution in [1.29, 1.82) is 0 Å². The molecule has 8 heteroatoms. The Bertz CT molecular complexity index is 1170. The lowest BCUT2D eigenvalue weighted by Gasteiger charge is -2.25. The van der Waals surface area contributed by atoms with Gasteiger partial charge in [0.15, 0.2) is 17.3 Å². The number of nitrogens with zero attached hydrogens (tertiary/aromatic N) is 2. The van der Waals surface area contributed by atoms with Crippen LogP contribution in [0.1, 0.15) is 36.9 Å². The molecule has 8 nitrogen and oxygen atoms in total. The fourth-order valence-corrected chi connectivity index (χ4v) is 4.61. The first-order valence-electron chi connectivity index (χ1n) is 11.5. The lowest BCUT2D eigenvalue weighted by molar-refractivity contribution is -0.136. The number of hydrogen-bond acceptors (Lipinski definition) is 7. The van der Waals surface area contributed by atoms with Gasteiger partial charge in [-0.25, -0.2) is 0 Å². The van der Waals surface area contributed by atoms with Crippen LogP contribution in [0.4, 0.5) is 0 Å². The molecule has 1 saturated carbocycles. The molecular weight excluding hydrogens is 436 g/mol. The van der Waals surface area contributed by atoms with Gasteiger partial charge in [-0.2, -0.15) is 0 Å². The van der Waals surface area contributed by atoms with Crippen LogP contribution in [0, 0.1) is 5.92 Å². The Labute approximate surface area is 198 Å². The van der Waals surface area contributed by atoms with Gasteiger partial charge in [-0.05, 0) is 42.7 Å². The van der Waals surface area contributed by atoms with E-state index in [0.717, 1.165) is 42.6 Å². The second-order valence-corrected chi connectivity index (χ2v) is 8.61. The zero-order valence-electron chi connectivity index (χ0n) is 19.4. The molecule has 1 amide bonds. The Kier molecular flexibility index (Phi) is 6.29. The molecule has 0 unspecified atom stereocenters. The highest BCUT2D eigenvalue weighted by atomic mass is 16.7. The van der Waals surface area contributed by atoms with E-state index >= 15 is 0 Å². The van der Waals surface area contributed by atoms with Gasteiger partial charge in [0.25, 0.3) is 0 Å². The average molecular weight is 465 g/mol. The minimum atomic E-state index is 0.0575. The van der Waals surface area contributed by atoms with E-state index in [-0.39, 0.29) is 18.6 Å². The van der Waals surface area contributed by atoms with Crippen molar-refractivity contribution in [2.45, 2.75) is 38.8 Å². The van der Waals surface area contributed by atoms with E-state index in [1.54, 1.807) is 20.3 Å². The quantitative estimate of drug-likeness (QED) is 0.473. The number of hydrogen-bond donors (Lipinski definition) is 0. The topological polar surface area (TPSA) is 83.3 Å². The molecule has 0 bridgehead atoms. The van der Waals surface area contributed by atoms with Crippen molar-refractivity contribution in [3.8, 4) is 34.3 Å². The Balaban J connectivity index is 1.38. The van der Waals surface area contributed by atoms with E-state index in [1.807, 2.05) is 41.3 Å². The predicted octanol–water partition coefficient (Wildman–Crippen LogP) is 4.81. The van der Waals surface area contributed by atoms with Gasteiger partial charge in [0, 0.05) is 24.6 Å². The zero-order valence-corrected chi connectivity index (χ0v) is 19.4. The molecule has 0 radical (unpaired) electrons. The largest absolute Gasteiger partial charge is 0.497 e. The van der Waals surface area contributed by atoms with Crippen molar-refractivity contribution in [1.82, 2.24) is 10.1 Å². The third-order valence-electron chi connectivity index (χ3n) is 6.41. The third-order valence-corrected chi connectivity index (χ3v) is 6.41. The molecule has 0 spiro atoms. The lowest BCUT2D eigenvalue weighted by Crippen LogP contribution is -2.34. The highest BCUT2D eigenvalue weighted by Crippen LogP contribution is 2.35. The van der Waals surface area contributed by atoms with Crippen molar-refractivity contribution in [2.24, 2.45) is 5.92 Å². The molecule has 2 aliphatic rings. The minimum Gasteiger partial charge on any atom is -0.497 e. The van der Waals surface area contributed by atoms with Crippen molar-refractivity contribution in [3.05, 3.63) is 53.7 Å². The Hall–Kier alpha value is -3.68. The van der Waals surface area contributed by atoms with Crippen LogP contribution in [0.25, 0.3) is 11.3 Å². The molecule has 0 atom stereocenters. The second kappa shape index (κ2) is 9.67. The molecule has 34 heavy (non-hydrogen) atoms. The maximum absolute atomic E-state index is 13.4. The first kappa shape index (κ1) is 22.1. The van der Waals surface area contributed by atoms with Crippen molar-refractivity contribution in [2.75, 3.05) is 21.0 Å². The normalized spacial score (nSPS) is 14.9. The number of carbonyl (C=O) groups excluding carboxylic acids is 1. The van der Waals surface area contributed by atoms with E-state index in [0.29, 0.717) is 41.8 Å². The minimum absolute atomic E-state index is 0.0575. The van der Waals surface area contributed by atoms with Crippen molar-refractivity contribution >= 4 is 5.91 Å². The average Bonchev–Trinajstić information content (AvgIpc) is 3.64. The molecule has 1 aromatic heterocycles. The SMILES string of the molecule is COc1ccc(-c2cc(CN(Cc3ccc4c(c3)OCO4)C(=O)C3CCCC3)no2)c(OC)c1. The molecule has 0 N–H and O–H groups in total. The first-order chi connectivity index (χ1) is 16.6. The zero-order chi connectivity index (χ0) is 23.5. The van der Waals surface area contributed by atoms with E-state index in [4.69, 9.17) is 23.5 Å². The molecule has 1 fully saturated rings. The summed E-state index contributed by atoms with van der Waals surface area (Å²) >= 11 is 0. The Morgan fingerprint density at radius 3 is 2.62 bits per heavy atom. The highest BCUT2D eigenvalue weighted by molar-refractivity contribution is 5.79. The van der Waals surface area contributed by atoms with Crippen LogP contribution in [0.15, 0.2) is 47.0 Å². The smallest absolute Gasteiger partial charge is 0.231 e. The van der Waals surface area contributed by atoms with Gasteiger partial charge >= 0.3 is 0 Å². The van der Waals surface area contributed by atoms with Crippen molar-refractivity contribution in [3.63, 3.8) is 0 Å². The maximum atomic E-state index is 13.4. The number of amides is 1. The molecule has 3 aromatic rings. The fraction of sp³-hybridized carbons (Fsp3) is 0.385. The van der Waals surface area contributed by atoms with Gasteiger partial charge < -0.3 is 28.4 Å². The highest BCUT2D eigenvalue weighted by Gasteiger charge is 2.28. The summed E-state index contributed by atoms with van der Waals surface area (Å²) in [5, 5.41) is 4.26. The van der Waals surface area contributed by atoms with E-state index in [2.05, 4.69) is 5.16 Å². The van der Waals surface area contributed by atoms with Crippen molar-refractivity contribution < 1.29 is 28.3 Å². The lowest BCUT2D eigenvalue weighted by atomic mass is 10.1. The van der Waals surface area contributed by atoms with Crippen LogP contribution in [0.3, 0.4) is 0 Å². The number of carbonyl (C=O) groups is 1. The number of methoxy groups -OCH3 is 2. The molecular formula is C26H28N2O6. The van der Waals surface area contributed by atoms with E-state index in [9.17, 15) is 4.79 Å². The summed E-state index contributed by atoms with van der Waals surface area (Å²) in [6, 6.07) is 13.2. The standard InChI is InChI=1S/C26H28N2O6/c1-30-20-8-9-21(23(13-20)31-2)24-12-19(27-34-24)15-28(26(29)18-5-3-4-6-18)14-17-7-10-22-25(11-17)33-16-32-22/h7-13,18H,3-6,14-16H2,1-2H3. The van der Waals surface area contributed by atoms with E-state index in [1.165, 1.54) is 0 Å². The van der Waals surface area contributed by atoms with Crippen LogP contribution in [0.5, 0.6) is 23.0 Å². The summed E-state index contributed by atoms with van der Waals surface area (Å²) in [6.45, 7) is 1.03. The molecule has 1 aliphatic heterocycles. The number of aromatic nitrogens is 1. The maximum Gasteiger partial charge on any atom is 0.231 e. The summed E-state index contributed by atoms with van der Waals surface area (Å²) in [5.41, 5.74) is 2.43. The summed E-state index contributed by atoms with van der Waals surface area (Å²) in [4.78, 5) is 15.3. The first-order valence-corrected chi connectivity index (χ1v) is 11.5. The van der Waals surface area contributed by atoms with Crippen LogP contribution in [-0.2, 0) is 17.9 Å². The summed E-state index contributed by atoms with van der Waals surface area (Å²) in [7, 11) is 3.21. The molecule has 5 rings (SSSR count). The molecule has 178 valence electrons. The Morgan fingerprint density at radius 1 is 1.00 bits per heavy atom. The summed E-state index contributed by atoms with van der Waals surface area (Å²) in [5.74, 6) is 3.54. The van der Waals surface area contributed by atoms with Gasteiger partial charge in [0.2, 0.25) is 12.7 Å². The fourth-order valence-electron chi connectivity index (χ4n) is 4.61. The number of rotatable bonds is 8. The Morgan fingerprint density at radius 2 is 1.82 bits per heavy atom. The second-order valence-electron chi connectivity index (χ2n) is 8.61. The molecule has 1 aliphatic carbocycles. The van der Waals surface area contributed by atoms with Crippen LogP contribution >= 0.6 is 0 Å². The van der Waals surface area contributed by atoms with Gasteiger partial charge in [0.05, 0.1) is 26.3 Å². The summed E-state index contributed by atoms with van der Waals surface area (Å²) < 4.78 is 27.3. The van der Waals surface area contributed by atoms with Gasteiger partial charge in [-0.3, -0.25) is 4.79 Å². The number of benzene rings is 2. The molecule has 2 aromatic carbocycles. The third kappa shape index (κ3) is 4.53. The molecule has 0 saturated heterocycles. The number of ether oxygens (including phenoxy) is 4. The van der Waals surface area contributed by atoms with Crippen LogP contribution < -0.4 is 18.9 Å². The number of fused-ring (bicyclic) bond motifs is 1. The molecule has 2 heterocycles. The van der Waals surface area contributed by atoms with Gasteiger partial charge in [-0.1, -0.05) is 24.1 Å². The van der Waals surface area contributed by atoms with Gasteiger partial charge in [0.1, 0.15) is 17.2 Å². The predicted molar refractivity (Wildman–Crippen MR) is 124 cm³/mol. The van der Waals surface area contributed by atoms with Crippen LogP contribution in [-0.4, -0.2) is 37.0 Å². The monoisotopic (exact) mass is 464 g/mol. The van der Waals surface area contributed by atoms with E-state index < -0.39 is 0 Å². The summed E-state index contributed by atoms with van der Waals surface area (Å²) in [6.07, 6.45) is 4.06. The van der Waals surface area contributed by atoms with Crippen LogP contribution in [0.2, 0.25) is 0 Å².